The lowest BCUT2D eigenvalue weighted by Gasteiger charge is -2.05. The molecular formula is C13H22O2. The van der Waals surface area contributed by atoms with E-state index in [-0.39, 0.29) is 0 Å². The zero-order valence-corrected chi connectivity index (χ0v) is 9.61. The number of hydrogen-bond donors (Lipinski definition) is 1. The first-order valence-corrected chi connectivity index (χ1v) is 5.54. The van der Waals surface area contributed by atoms with Crippen molar-refractivity contribution in [2.45, 2.75) is 32.6 Å². The molecular weight excluding hydrogens is 188 g/mol. The van der Waals surface area contributed by atoms with Gasteiger partial charge in [0.1, 0.15) is 5.76 Å². The van der Waals surface area contributed by atoms with Crippen molar-refractivity contribution >= 4 is 0 Å². The maximum atomic E-state index is 8.58. The average molecular weight is 210 g/mol. The van der Waals surface area contributed by atoms with E-state index in [1.54, 1.807) is 6.08 Å². The van der Waals surface area contributed by atoms with Gasteiger partial charge in [0.2, 0.25) is 0 Å². The van der Waals surface area contributed by atoms with Gasteiger partial charge in [-0.1, -0.05) is 25.2 Å². The summed E-state index contributed by atoms with van der Waals surface area (Å²) in [5.74, 6) is 0.815. The second-order valence-electron chi connectivity index (χ2n) is 3.29. The van der Waals surface area contributed by atoms with Crippen molar-refractivity contribution in [3.05, 3.63) is 36.6 Å². The standard InChI is InChI=1S/C13H22O2/c1-3-5-10-13(4-2)15-12-9-7-6-8-11-14/h3-5,10,14H,2,6-9,11-12H2,1H3/b5-3-,13-10+. The number of ether oxygens (including phenoxy) is 1. The molecule has 0 amide bonds. The molecule has 0 unspecified atom stereocenters. The first-order valence-electron chi connectivity index (χ1n) is 5.54. The number of rotatable bonds is 9. The Morgan fingerprint density at radius 2 is 2.00 bits per heavy atom. The summed E-state index contributed by atoms with van der Waals surface area (Å²) in [6.07, 6.45) is 11.6. The average Bonchev–Trinajstić information content (AvgIpc) is 2.27. The minimum Gasteiger partial charge on any atom is -0.494 e. The Labute approximate surface area is 93.0 Å². The molecule has 0 radical (unpaired) electrons. The summed E-state index contributed by atoms with van der Waals surface area (Å²) in [7, 11) is 0. The molecule has 0 saturated carbocycles. The molecule has 0 aliphatic heterocycles. The van der Waals surface area contributed by atoms with Gasteiger partial charge in [-0.2, -0.15) is 0 Å². The van der Waals surface area contributed by atoms with E-state index in [1.165, 1.54) is 0 Å². The van der Waals surface area contributed by atoms with E-state index in [9.17, 15) is 0 Å². The Balaban J connectivity index is 3.51. The maximum absolute atomic E-state index is 8.58. The Kier molecular flexibility index (Phi) is 10.3. The molecule has 0 rings (SSSR count). The minimum atomic E-state index is 0.292. The second kappa shape index (κ2) is 11.1. The molecule has 0 heterocycles. The summed E-state index contributed by atoms with van der Waals surface area (Å²) in [6, 6.07) is 0. The van der Waals surface area contributed by atoms with Gasteiger partial charge in [-0.05, 0) is 38.3 Å². The monoisotopic (exact) mass is 210 g/mol. The number of aliphatic hydroxyl groups is 1. The van der Waals surface area contributed by atoms with Crippen molar-refractivity contribution in [2.75, 3.05) is 13.2 Å². The molecule has 0 fully saturated rings. The van der Waals surface area contributed by atoms with Gasteiger partial charge in [0.05, 0.1) is 6.61 Å². The van der Waals surface area contributed by atoms with E-state index in [1.807, 2.05) is 25.2 Å². The van der Waals surface area contributed by atoms with Crippen LogP contribution in [0.1, 0.15) is 32.6 Å². The number of hydrogen-bond acceptors (Lipinski definition) is 2. The SMILES string of the molecule is C=C/C(=C\C=C/C)OCCCCCCO. The summed E-state index contributed by atoms with van der Waals surface area (Å²) in [4.78, 5) is 0. The van der Waals surface area contributed by atoms with Crippen LogP contribution in [-0.4, -0.2) is 18.3 Å². The first-order chi connectivity index (χ1) is 7.35. The lowest BCUT2D eigenvalue weighted by molar-refractivity contribution is 0.214. The fourth-order valence-corrected chi connectivity index (χ4v) is 1.12. The van der Waals surface area contributed by atoms with Gasteiger partial charge in [-0.15, -0.1) is 0 Å². The van der Waals surface area contributed by atoms with Crippen molar-refractivity contribution in [3.8, 4) is 0 Å². The molecule has 0 saturated heterocycles. The van der Waals surface area contributed by atoms with Crippen molar-refractivity contribution in [2.24, 2.45) is 0 Å². The normalized spacial score (nSPS) is 12.0. The zero-order chi connectivity index (χ0) is 11.4. The third kappa shape index (κ3) is 9.29. The van der Waals surface area contributed by atoms with Crippen LogP contribution >= 0.6 is 0 Å². The van der Waals surface area contributed by atoms with Crippen molar-refractivity contribution in [1.82, 2.24) is 0 Å². The Morgan fingerprint density at radius 3 is 2.60 bits per heavy atom. The van der Waals surface area contributed by atoms with Gasteiger partial charge in [0.25, 0.3) is 0 Å². The van der Waals surface area contributed by atoms with Crippen LogP contribution in [0.5, 0.6) is 0 Å². The minimum absolute atomic E-state index is 0.292. The Morgan fingerprint density at radius 1 is 1.27 bits per heavy atom. The summed E-state index contributed by atoms with van der Waals surface area (Å²) in [5, 5.41) is 8.58. The van der Waals surface area contributed by atoms with Crippen LogP contribution in [0, 0.1) is 0 Å². The fraction of sp³-hybridized carbons (Fsp3) is 0.538. The van der Waals surface area contributed by atoms with Crippen LogP contribution < -0.4 is 0 Å². The molecule has 0 aromatic carbocycles. The van der Waals surface area contributed by atoms with Gasteiger partial charge in [-0.25, -0.2) is 0 Å². The fourth-order valence-electron chi connectivity index (χ4n) is 1.12. The van der Waals surface area contributed by atoms with Crippen LogP contribution in [0.2, 0.25) is 0 Å². The highest BCUT2D eigenvalue weighted by Gasteiger charge is 1.92. The van der Waals surface area contributed by atoms with E-state index in [2.05, 4.69) is 6.58 Å². The summed E-state index contributed by atoms with van der Waals surface area (Å²) < 4.78 is 5.50. The van der Waals surface area contributed by atoms with Crippen LogP contribution in [0.15, 0.2) is 36.6 Å². The highest BCUT2D eigenvalue weighted by Crippen LogP contribution is 2.04. The number of unbranched alkanes of at least 4 members (excludes halogenated alkanes) is 3. The van der Waals surface area contributed by atoms with Gasteiger partial charge in [-0.3, -0.25) is 0 Å². The van der Waals surface area contributed by atoms with E-state index in [0.717, 1.165) is 38.0 Å². The van der Waals surface area contributed by atoms with Crippen LogP contribution in [-0.2, 0) is 4.74 Å². The molecule has 0 atom stereocenters. The molecule has 0 aromatic heterocycles. The van der Waals surface area contributed by atoms with Crippen LogP contribution in [0.4, 0.5) is 0 Å². The second-order valence-corrected chi connectivity index (χ2v) is 3.29. The van der Waals surface area contributed by atoms with Crippen molar-refractivity contribution in [1.29, 1.82) is 0 Å². The quantitative estimate of drug-likeness (QED) is 0.360. The maximum Gasteiger partial charge on any atom is 0.118 e. The Hall–Kier alpha value is -1.02. The zero-order valence-electron chi connectivity index (χ0n) is 9.61. The van der Waals surface area contributed by atoms with Gasteiger partial charge in [0, 0.05) is 6.61 Å². The van der Waals surface area contributed by atoms with E-state index >= 15 is 0 Å². The summed E-state index contributed by atoms with van der Waals surface area (Å²) in [5.41, 5.74) is 0. The number of aliphatic hydroxyl groups excluding tert-OH is 1. The third-order valence-corrected chi connectivity index (χ3v) is 1.98. The lowest BCUT2D eigenvalue weighted by Crippen LogP contribution is -1.93. The van der Waals surface area contributed by atoms with Crippen molar-refractivity contribution in [3.63, 3.8) is 0 Å². The largest absolute Gasteiger partial charge is 0.494 e. The lowest BCUT2D eigenvalue weighted by atomic mass is 10.2. The predicted molar refractivity (Wildman–Crippen MR) is 64.6 cm³/mol. The molecule has 0 spiro atoms. The molecule has 0 bridgehead atoms. The first kappa shape index (κ1) is 14.0. The highest BCUT2D eigenvalue weighted by molar-refractivity contribution is 5.15. The molecule has 86 valence electrons. The molecule has 0 aromatic rings. The highest BCUT2D eigenvalue weighted by atomic mass is 16.5. The predicted octanol–water partition coefficient (Wildman–Crippen LogP) is 3.20. The molecule has 2 heteroatoms. The molecule has 0 aliphatic carbocycles. The smallest absolute Gasteiger partial charge is 0.118 e. The molecule has 2 nitrogen and oxygen atoms in total. The van der Waals surface area contributed by atoms with Gasteiger partial charge in [0.15, 0.2) is 0 Å². The van der Waals surface area contributed by atoms with E-state index in [0.29, 0.717) is 6.61 Å². The molecule has 1 N–H and O–H groups in total. The number of allylic oxidation sites excluding steroid dienone is 4. The third-order valence-electron chi connectivity index (χ3n) is 1.98. The molecule has 15 heavy (non-hydrogen) atoms. The summed E-state index contributed by atoms with van der Waals surface area (Å²) in [6.45, 7) is 6.66. The van der Waals surface area contributed by atoms with Gasteiger partial charge < -0.3 is 9.84 Å². The van der Waals surface area contributed by atoms with Gasteiger partial charge >= 0.3 is 0 Å². The summed E-state index contributed by atoms with van der Waals surface area (Å²) >= 11 is 0. The van der Waals surface area contributed by atoms with E-state index < -0.39 is 0 Å². The van der Waals surface area contributed by atoms with Crippen LogP contribution in [0.3, 0.4) is 0 Å². The van der Waals surface area contributed by atoms with E-state index in [4.69, 9.17) is 9.84 Å². The Bertz CT molecular complexity index is 205. The van der Waals surface area contributed by atoms with Crippen LogP contribution in [0.25, 0.3) is 0 Å². The van der Waals surface area contributed by atoms with Crippen molar-refractivity contribution < 1.29 is 9.84 Å². The molecule has 0 aliphatic rings. The topological polar surface area (TPSA) is 29.5 Å².